The molecule has 2 N–H and O–H groups in total. The lowest BCUT2D eigenvalue weighted by Crippen LogP contribution is -2.68. The molecule has 7 atom stereocenters. The summed E-state index contributed by atoms with van der Waals surface area (Å²) in [5.41, 5.74) is 2.44. The molecule has 1 aromatic rings. The van der Waals surface area contributed by atoms with Gasteiger partial charge in [0, 0.05) is 29.0 Å². The Balaban J connectivity index is 1.50. The number of benzene rings is 1. The summed E-state index contributed by atoms with van der Waals surface area (Å²) in [6.07, 6.45) is 9.40. The van der Waals surface area contributed by atoms with Crippen LogP contribution in [0.25, 0.3) is 0 Å². The Morgan fingerprint density at radius 2 is 2.00 bits per heavy atom. The lowest BCUT2D eigenvalue weighted by Gasteiger charge is -2.59. The largest absolute Gasteiger partial charge is 0.493 e. The van der Waals surface area contributed by atoms with Crippen molar-refractivity contribution in [3.05, 3.63) is 35.4 Å². The normalized spacial score (nSPS) is 43.4. The summed E-state index contributed by atoms with van der Waals surface area (Å²) in [6.45, 7) is 0.958. The third kappa shape index (κ3) is 2.02. The molecule has 5 heteroatoms. The molecule has 1 saturated heterocycles. The number of aliphatic hydroxyl groups excluding tert-OH is 2. The highest BCUT2D eigenvalue weighted by molar-refractivity contribution is 5.62. The van der Waals surface area contributed by atoms with E-state index in [1.165, 1.54) is 17.5 Å². The maximum absolute atomic E-state index is 10.8. The first-order valence-corrected chi connectivity index (χ1v) is 10.8. The smallest absolute Gasteiger partial charge is 0.165 e. The summed E-state index contributed by atoms with van der Waals surface area (Å²) < 4.78 is 12.0. The Kier molecular flexibility index (Phi) is 3.69. The number of hydrogen-bond acceptors (Lipinski definition) is 5. The highest BCUT2D eigenvalue weighted by atomic mass is 16.5. The lowest BCUT2D eigenvalue weighted by molar-refractivity contribution is -0.0869. The van der Waals surface area contributed by atoms with Crippen molar-refractivity contribution in [2.24, 2.45) is 5.92 Å². The molecular formula is C23H29NO4. The van der Waals surface area contributed by atoms with Crippen LogP contribution in [0.1, 0.15) is 43.2 Å². The van der Waals surface area contributed by atoms with E-state index in [-0.39, 0.29) is 23.7 Å². The van der Waals surface area contributed by atoms with Crippen LogP contribution < -0.4 is 9.47 Å². The topological polar surface area (TPSA) is 62.2 Å². The molecule has 28 heavy (non-hydrogen) atoms. The number of piperidine rings is 1. The second-order valence-electron chi connectivity index (χ2n) is 9.29. The second kappa shape index (κ2) is 5.97. The molecule has 1 spiro atoms. The van der Waals surface area contributed by atoms with Crippen LogP contribution in [0.2, 0.25) is 0 Å². The minimum absolute atomic E-state index is 0.174. The van der Waals surface area contributed by atoms with Gasteiger partial charge in [-0.15, -0.1) is 0 Å². The van der Waals surface area contributed by atoms with Crippen LogP contribution in [-0.2, 0) is 11.8 Å². The van der Waals surface area contributed by atoms with E-state index in [0.29, 0.717) is 12.0 Å². The molecule has 0 aromatic heterocycles. The predicted molar refractivity (Wildman–Crippen MR) is 105 cm³/mol. The summed E-state index contributed by atoms with van der Waals surface area (Å²) in [6, 6.07) is 4.82. The van der Waals surface area contributed by atoms with E-state index >= 15 is 0 Å². The van der Waals surface area contributed by atoms with Gasteiger partial charge in [0.15, 0.2) is 11.5 Å². The number of hydrogen-bond donors (Lipinski definition) is 2. The highest BCUT2D eigenvalue weighted by Gasteiger charge is 2.65. The van der Waals surface area contributed by atoms with Gasteiger partial charge in [0.05, 0.1) is 13.2 Å². The molecule has 3 aliphatic carbocycles. The van der Waals surface area contributed by atoms with Gasteiger partial charge < -0.3 is 19.7 Å². The van der Waals surface area contributed by atoms with Crippen LogP contribution in [-0.4, -0.2) is 59.2 Å². The summed E-state index contributed by atoms with van der Waals surface area (Å²) >= 11 is 0. The molecule has 1 saturated carbocycles. The number of rotatable bonds is 2. The van der Waals surface area contributed by atoms with Crippen LogP contribution in [0, 0.1) is 5.92 Å². The van der Waals surface area contributed by atoms with Crippen LogP contribution in [0.4, 0.5) is 0 Å². The first-order chi connectivity index (χ1) is 13.6. The van der Waals surface area contributed by atoms with E-state index in [1.807, 2.05) is 12.1 Å². The lowest BCUT2D eigenvalue weighted by atomic mass is 9.53. The number of ether oxygens (including phenoxy) is 2. The van der Waals surface area contributed by atoms with Gasteiger partial charge in [-0.3, -0.25) is 4.90 Å². The average Bonchev–Trinajstić information content (AvgIpc) is 3.05. The first kappa shape index (κ1) is 17.3. The zero-order valence-corrected chi connectivity index (χ0v) is 16.4. The number of aliphatic hydroxyl groups is 2. The fourth-order valence-corrected chi connectivity index (χ4v) is 7.13. The van der Waals surface area contributed by atoms with Crippen molar-refractivity contribution < 1.29 is 19.7 Å². The maximum atomic E-state index is 10.8. The Morgan fingerprint density at radius 1 is 1.14 bits per heavy atom. The number of likely N-dealkylation sites (tertiary alicyclic amines) is 1. The van der Waals surface area contributed by atoms with Gasteiger partial charge >= 0.3 is 0 Å². The van der Waals surface area contributed by atoms with Gasteiger partial charge in [-0.2, -0.15) is 0 Å². The fraction of sp³-hybridized carbons (Fsp3) is 0.652. The van der Waals surface area contributed by atoms with Gasteiger partial charge in [0.2, 0.25) is 0 Å². The molecule has 1 aromatic carbocycles. The Bertz CT molecular complexity index is 838. The van der Waals surface area contributed by atoms with Gasteiger partial charge in [0.25, 0.3) is 0 Å². The van der Waals surface area contributed by atoms with Crippen LogP contribution in [0.5, 0.6) is 11.5 Å². The number of methoxy groups -OCH3 is 1. The molecule has 0 amide bonds. The van der Waals surface area contributed by atoms with Crippen molar-refractivity contribution in [2.45, 2.75) is 74.3 Å². The van der Waals surface area contributed by atoms with E-state index < -0.39 is 6.10 Å². The molecule has 6 rings (SSSR count). The summed E-state index contributed by atoms with van der Waals surface area (Å²) in [5, 5.41) is 21.5. The molecule has 2 fully saturated rings. The minimum Gasteiger partial charge on any atom is -0.493 e. The van der Waals surface area contributed by atoms with Crippen molar-refractivity contribution in [3.63, 3.8) is 0 Å². The summed E-state index contributed by atoms with van der Waals surface area (Å²) in [5.74, 6) is 1.93. The van der Waals surface area contributed by atoms with Gasteiger partial charge in [-0.25, -0.2) is 0 Å². The van der Waals surface area contributed by atoms with Crippen molar-refractivity contribution in [1.82, 2.24) is 4.90 Å². The van der Waals surface area contributed by atoms with Crippen LogP contribution in [0.15, 0.2) is 24.3 Å². The number of nitrogens with zero attached hydrogens (tertiary/aromatic N) is 1. The molecule has 2 bridgehead atoms. The third-order valence-corrected chi connectivity index (χ3v) is 8.24. The zero-order valence-electron chi connectivity index (χ0n) is 16.4. The van der Waals surface area contributed by atoms with Gasteiger partial charge in [-0.05, 0) is 43.9 Å². The highest BCUT2D eigenvalue weighted by Crippen LogP contribution is 2.63. The van der Waals surface area contributed by atoms with E-state index in [9.17, 15) is 10.2 Å². The molecule has 2 aliphatic heterocycles. The molecule has 5 nitrogen and oxygen atoms in total. The predicted octanol–water partition coefficient (Wildman–Crippen LogP) is 2.17. The first-order valence-electron chi connectivity index (χ1n) is 10.8. The Hall–Kier alpha value is -1.56. The minimum atomic E-state index is -0.591. The maximum Gasteiger partial charge on any atom is 0.165 e. The molecule has 2 heterocycles. The standard InChI is InChI=1S/C23H29NO4/c1-27-19-9-6-13-12-16-14-7-8-18(26)22-23(14,20(13)21(19)28-22)10-11-24(16)15-4-2-3-5-17(15)25/h6-9,14-18,22,25-26H,2-5,10-12H2,1H3. The Morgan fingerprint density at radius 3 is 2.82 bits per heavy atom. The van der Waals surface area contributed by atoms with E-state index in [0.717, 1.165) is 50.1 Å². The quantitative estimate of drug-likeness (QED) is 0.767. The monoisotopic (exact) mass is 383 g/mol. The third-order valence-electron chi connectivity index (χ3n) is 8.24. The van der Waals surface area contributed by atoms with Crippen LogP contribution in [0.3, 0.4) is 0 Å². The van der Waals surface area contributed by atoms with Gasteiger partial charge in [0.1, 0.15) is 12.2 Å². The van der Waals surface area contributed by atoms with Crippen molar-refractivity contribution in [3.8, 4) is 11.5 Å². The second-order valence-corrected chi connectivity index (χ2v) is 9.29. The summed E-state index contributed by atoms with van der Waals surface area (Å²) in [7, 11) is 1.69. The zero-order chi connectivity index (χ0) is 19.0. The molecular weight excluding hydrogens is 354 g/mol. The van der Waals surface area contributed by atoms with Crippen molar-refractivity contribution in [1.29, 1.82) is 0 Å². The van der Waals surface area contributed by atoms with E-state index in [1.54, 1.807) is 7.11 Å². The molecule has 0 radical (unpaired) electrons. The average molecular weight is 383 g/mol. The van der Waals surface area contributed by atoms with Crippen molar-refractivity contribution in [2.75, 3.05) is 13.7 Å². The molecule has 150 valence electrons. The van der Waals surface area contributed by atoms with Gasteiger partial charge in [-0.1, -0.05) is 31.1 Å². The molecule has 5 aliphatic rings. The Labute approximate surface area is 165 Å². The van der Waals surface area contributed by atoms with Crippen molar-refractivity contribution >= 4 is 0 Å². The van der Waals surface area contributed by atoms with E-state index in [2.05, 4.69) is 17.0 Å². The molecule has 7 unspecified atom stereocenters. The van der Waals surface area contributed by atoms with Crippen LogP contribution >= 0.6 is 0 Å². The fourth-order valence-electron chi connectivity index (χ4n) is 7.13. The summed E-state index contributed by atoms with van der Waals surface area (Å²) in [4.78, 5) is 2.60. The SMILES string of the molecule is COc1ccc2c3c1OC1C(O)C=CC4C(C2)N(C2CCCCC2O)CCC341. The van der Waals surface area contributed by atoms with E-state index in [4.69, 9.17) is 9.47 Å².